The molecule has 0 aromatic carbocycles. The first-order valence-corrected chi connectivity index (χ1v) is 9.53. The van der Waals surface area contributed by atoms with Gasteiger partial charge in [-0.15, -0.1) is 11.3 Å². The standard InChI is InChI=1S/C13H18N2O3S2/c1-8-14-11-3-2-9(6-12(11)19-8)13(16)15-10-4-5-20(17,18)7-10/h9-10H,2-7H2,1H3,(H,15,16). The molecule has 0 radical (unpaired) electrons. The molecule has 3 rings (SSSR count). The molecule has 20 heavy (non-hydrogen) atoms. The predicted molar refractivity (Wildman–Crippen MR) is 77.6 cm³/mol. The summed E-state index contributed by atoms with van der Waals surface area (Å²) < 4.78 is 22.8. The van der Waals surface area contributed by atoms with Crippen LogP contribution in [0.5, 0.6) is 0 Å². The number of hydrogen-bond donors (Lipinski definition) is 1. The first-order valence-electron chi connectivity index (χ1n) is 6.89. The number of carbonyl (C=O) groups excluding carboxylic acids is 1. The van der Waals surface area contributed by atoms with Crippen molar-refractivity contribution < 1.29 is 13.2 Å². The van der Waals surface area contributed by atoms with E-state index in [1.807, 2.05) is 6.92 Å². The van der Waals surface area contributed by atoms with Crippen molar-refractivity contribution >= 4 is 27.1 Å². The number of hydrogen-bond acceptors (Lipinski definition) is 5. The molecule has 7 heteroatoms. The van der Waals surface area contributed by atoms with Gasteiger partial charge >= 0.3 is 0 Å². The maximum absolute atomic E-state index is 12.3. The third-order valence-corrected chi connectivity index (χ3v) is 6.80. The second-order valence-electron chi connectivity index (χ2n) is 5.65. The summed E-state index contributed by atoms with van der Waals surface area (Å²) in [6.45, 7) is 1.99. The lowest BCUT2D eigenvalue weighted by molar-refractivity contribution is -0.125. The van der Waals surface area contributed by atoms with Gasteiger partial charge in [-0.25, -0.2) is 13.4 Å². The van der Waals surface area contributed by atoms with Crippen LogP contribution in [0.3, 0.4) is 0 Å². The quantitative estimate of drug-likeness (QED) is 0.878. The summed E-state index contributed by atoms with van der Waals surface area (Å²) in [5, 5.41) is 3.96. The van der Waals surface area contributed by atoms with Gasteiger partial charge in [0.25, 0.3) is 0 Å². The lowest BCUT2D eigenvalue weighted by Gasteiger charge is -2.22. The molecule has 1 aromatic rings. The van der Waals surface area contributed by atoms with E-state index in [0.29, 0.717) is 6.42 Å². The van der Waals surface area contributed by atoms with Crippen molar-refractivity contribution in [2.24, 2.45) is 5.92 Å². The normalized spacial score (nSPS) is 28.1. The molecule has 2 aliphatic rings. The lowest BCUT2D eigenvalue weighted by atomic mass is 9.90. The van der Waals surface area contributed by atoms with Crippen LogP contribution in [0.1, 0.15) is 28.4 Å². The van der Waals surface area contributed by atoms with Crippen LogP contribution in [0.4, 0.5) is 0 Å². The summed E-state index contributed by atoms with van der Waals surface area (Å²) in [6.07, 6.45) is 2.94. The highest BCUT2D eigenvalue weighted by atomic mass is 32.2. The van der Waals surface area contributed by atoms with Crippen LogP contribution in [0, 0.1) is 12.8 Å². The highest BCUT2D eigenvalue weighted by Crippen LogP contribution is 2.30. The Kier molecular flexibility index (Phi) is 3.58. The van der Waals surface area contributed by atoms with Crippen LogP contribution < -0.4 is 5.32 Å². The summed E-state index contributed by atoms with van der Waals surface area (Å²) in [4.78, 5) is 18.0. The monoisotopic (exact) mass is 314 g/mol. The largest absolute Gasteiger partial charge is 0.352 e. The maximum atomic E-state index is 12.3. The van der Waals surface area contributed by atoms with E-state index in [1.54, 1.807) is 11.3 Å². The van der Waals surface area contributed by atoms with Gasteiger partial charge < -0.3 is 5.32 Å². The van der Waals surface area contributed by atoms with Crippen molar-refractivity contribution in [3.05, 3.63) is 15.6 Å². The topological polar surface area (TPSA) is 76.1 Å². The zero-order chi connectivity index (χ0) is 14.3. The van der Waals surface area contributed by atoms with Crippen molar-refractivity contribution in [2.75, 3.05) is 11.5 Å². The minimum atomic E-state index is -2.94. The fraction of sp³-hybridized carbons (Fsp3) is 0.692. The molecule has 1 aromatic heterocycles. The van der Waals surface area contributed by atoms with E-state index < -0.39 is 9.84 Å². The molecule has 1 N–H and O–H groups in total. The van der Waals surface area contributed by atoms with Crippen LogP contribution in [-0.4, -0.2) is 36.9 Å². The molecule has 0 saturated carbocycles. The van der Waals surface area contributed by atoms with Crippen molar-refractivity contribution in [1.29, 1.82) is 0 Å². The number of fused-ring (bicyclic) bond motifs is 1. The van der Waals surface area contributed by atoms with E-state index in [4.69, 9.17) is 0 Å². The Morgan fingerprint density at radius 3 is 2.90 bits per heavy atom. The van der Waals surface area contributed by atoms with E-state index in [0.717, 1.165) is 30.0 Å². The van der Waals surface area contributed by atoms with Gasteiger partial charge in [0.05, 0.1) is 22.2 Å². The van der Waals surface area contributed by atoms with Gasteiger partial charge in [0, 0.05) is 16.8 Å². The minimum Gasteiger partial charge on any atom is -0.352 e. The molecule has 0 bridgehead atoms. The maximum Gasteiger partial charge on any atom is 0.223 e. The number of sulfone groups is 1. The summed E-state index contributed by atoms with van der Waals surface area (Å²) in [5.74, 6) is 0.256. The first kappa shape index (κ1) is 14.0. The van der Waals surface area contributed by atoms with Crippen molar-refractivity contribution in [1.82, 2.24) is 10.3 Å². The number of aromatic nitrogens is 1. The number of amides is 1. The minimum absolute atomic E-state index is 0.00352. The summed E-state index contributed by atoms with van der Waals surface area (Å²) in [6, 6.07) is -0.197. The Hall–Kier alpha value is -0.950. The van der Waals surface area contributed by atoms with Gasteiger partial charge in [-0.05, 0) is 32.6 Å². The molecule has 1 saturated heterocycles. The van der Waals surface area contributed by atoms with Crippen LogP contribution in [0.2, 0.25) is 0 Å². The highest BCUT2D eigenvalue weighted by Gasteiger charge is 2.32. The Bertz CT molecular complexity index is 636. The Balaban J connectivity index is 1.62. The molecule has 2 atom stereocenters. The summed E-state index contributed by atoms with van der Waals surface area (Å²) in [7, 11) is -2.94. The molecule has 2 unspecified atom stereocenters. The Morgan fingerprint density at radius 2 is 2.20 bits per heavy atom. The second-order valence-corrected chi connectivity index (χ2v) is 9.17. The molecule has 5 nitrogen and oxygen atoms in total. The molecule has 2 heterocycles. The number of carbonyl (C=O) groups is 1. The fourth-order valence-electron chi connectivity index (χ4n) is 2.96. The van der Waals surface area contributed by atoms with E-state index in [9.17, 15) is 13.2 Å². The Morgan fingerprint density at radius 1 is 1.40 bits per heavy atom. The number of nitrogens with zero attached hydrogens (tertiary/aromatic N) is 1. The lowest BCUT2D eigenvalue weighted by Crippen LogP contribution is -2.41. The fourth-order valence-corrected chi connectivity index (χ4v) is 5.69. The molecule has 110 valence electrons. The molecule has 1 amide bonds. The van der Waals surface area contributed by atoms with Crippen LogP contribution >= 0.6 is 11.3 Å². The third-order valence-electron chi connectivity index (χ3n) is 4.00. The number of nitrogens with one attached hydrogen (secondary N) is 1. The first-order chi connectivity index (χ1) is 9.43. The van der Waals surface area contributed by atoms with E-state index in [2.05, 4.69) is 10.3 Å². The van der Waals surface area contributed by atoms with Gasteiger partial charge in [0.15, 0.2) is 9.84 Å². The van der Waals surface area contributed by atoms with Gasteiger partial charge in [-0.1, -0.05) is 0 Å². The van der Waals surface area contributed by atoms with Gasteiger partial charge in [0.1, 0.15) is 0 Å². The predicted octanol–water partition coefficient (Wildman–Crippen LogP) is 0.860. The Labute approximate surface area is 122 Å². The number of rotatable bonds is 2. The van der Waals surface area contributed by atoms with Crippen LogP contribution in [0.15, 0.2) is 0 Å². The van der Waals surface area contributed by atoms with E-state index in [-0.39, 0.29) is 29.4 Å². The van der Waals surface area contributed by atoms with Crippen molar-refractivity contribution in [3.63, 3.8) is 0 Å². The van der Waals surface area contributed by atoms with Crippen LogP contribution in [0.25, 0.3) is 0 Å². The molecular formula is C13H18N2O3S2. The molecule has 0 spiro atoms. The summed E-state index contributed by atoms with van der Waals surface area (Å²) in [5.41, 5.74) is 1.14. The molecule has 1 aliphatic heterocycles. The number of aryl methyl sites for hydroxylation is 2. The zero-order valence-corrected chi connectivity index (χ0v) is 13.0. The zero-order valence-electron chi connectivity index (χ0n) is 11.4. The number of thiazole rings is 1. The smallest absolute Gasteiger partial charge is 0.223 e. The second kappa shape index (κ2) is 5.11. The average molecular weight is 314 g/mol. The van der Waals surface area contributed by atoms with Gasteiger partial charge in [0.2, 0.25) is 5.91 Å². The summed E-state index contributed by atoms with van der Waals surface area (Å²) >= 11 is 1.67. The van der Waals surface area contributed by atoms with Crippen molar-refractivity contribution in [3.8, 4) is 0 Å². The average Bonchev–Trinajstić information content (AvgIpc) is 2.89. The third kappa shape index (κ3) is 2.88. The molecule has 1 aliphatic carbocycles. The van der Waals surface area contributed by atoms with Crippen molar-refractivity contribution in [2.45, 2.75) is 38.6 Å². The van der Waals surface area contributed by atoms with Gasteiger partial charge in [-0.2, -0.15) is 0 Å². The highest BCUT2D eigenvalue weighted by molar-refractivity contribution is 7.91. The SMILES string of the molecule is Cc1nc2c(s1)CC(C(=O)NC1CCS(=O)(=O)C1)CC2. The van der Waals surface area contributed by atoms with Gasteiger partial charge in [-0.3, -0.25) is 4.79 Å². The van der Waals surface area contributed by atoms with E-state index in [1.165, 1.54) is 4.88 Å². The van der Waals surface area contributed by atoms with Crippen LogP contribution in [-0.2, 0) is 27.5 Å². The van der Waals surface area contributed by atoms with E-state index >= 15 is 0 Å². The molecule has 1 fully saturated rings. The molecular weight excluding hydrogens is 296 g/mol.